The minimum Gasteiger partial charge on any atom is -0.392 e. The second-order valence-corrected chi connectivity index (χ2v) is 6.09. The molecule has 0 aromatic heterocycles. The van der Waals surface area contributed by atoms with Crippen LogP contribution in [0.5, 0.6) is 0 Å². The van der Waals surface area contributed by atoms with Gasteiger partial charge in [-0.1, -0.05) is 0 Å². The van der Waals surface area contributed by atoms with Crippen molar-refractivity contribution in [2.45, 2.75) is 25.4 Å². The van der Waals surface area contributed by atoms with Crippen molar-refractivity contribution in [3.63, 3.8) is 0 Å². The van der Waals surface area contributed by atoms with Gasteiger partial charge >= 0.3 is 0 Å². The summed E-state index contributed by atoms with van der Waals surface area (Å²) in [4.78, 5) is 4.96. The zero-order chi connectivity index (χ0) is 11.1. The number of aliphatic hydroxyl groups excluding tert-OH is 1. The van der Waals surface area contributed by atoms with Crippen LogP contribution in [-0.2, 0) is 0 Å². The molecule has 16 heavy (non-hydrogen) atoms. The molecule has 3 heteroatoms. The van der Waals surface area contributed by atoms with Crippen molar-refractivity contribution in [3.05, 3.63) is 0 Å². The Morgan fingerprint density at radius 1 is 1.06 bits per heavy atom. The molecule has 0 spiro atoms. The third-order valence-corrected chi connectivity index (χ3v) is 5.11. The molecule has 3 nitrogen and oxygen atoms in total. The number of nitrogens with zero attached hydrogens (tertiary/aromatic N) is 2. The van der Waals surface area contributed by atoms with Crippen LogP contribution >= 0.6 is 0 Å². The Morgan fingerprint density at radius 2 is 1.75 bits per heavy atom. The van der Waals surface area contributed by atoms with E-state index in [1.165, 1.54) is 45.4 Å². The Labute approximate surface area is 98.4 Å². The van der Waals surface area contributed by atoms with E-state index < -0.39 is 0 Å². The van der Waals surface area contributed by atoms with E-state index in [4.69, 9.17) is 0 Å². The summed E-state index contributed by atoms with van der Waals surface area (Å²) >= 11 is 0. The summed E-state index contributed by atoms with van der Waals surface area (Å²) in [7, 11) is 2.20. The SMILES string of the molecule is CN1CCN(C[C@@H]2[C@H]3CC[C@@H](C3)[C@H]2O)CC1. The number of piperazine rings is 1. The van der Waals surface area contributed by atoms with Crippen LogP contribution < -0.4 is 0 Å². The Balaban J connectivity index is 1.55. The summed E-state index contributed by atoms with van der Waals surface area (Å²) in [6.07, 6.45) is 3.98. The van der Waals surface area contributed by atoms with Crippen LogP contribution in [0, 0.1) is 17.8 Å². The van der Waals surface area contributed by atoms with Gasteiger partial charge in [0.25, 0.3) is 0 Å². The standard InChI is InChI=1S/C13H24N2O/c1-14-4-6-15(7-5-14)9-12-10-2-3-11(8-10)13(12)16/h10-13,16H,2-9H2,1H3/t10-,11-,12+,13+/m0/s1. The lowest BCUT2D eigenvalue weighted by molar-refractivity contribution is 0.0282. The van der Waals surface area contributed by atoms with E-state index in [0.29, 0.717) is 11.8 Å². The van der Waals surface area contributed by atoms with E-state index in [2.05, 4.69) is 16.8 Å². The molecule has 1 heterocycles. The van der Waals surface area contributed by atoms with Crippen molar-refractivity contribution >= 4 is 0 Å². The fraction of sp³-hybridized carbons (Fsp3) is 1.00. The van der Waals surface area contributed by atoms with Gasteiger partial charge < -0.3 is 14.9 Å². The smallest absolute Gasteiger partial charge is 0.0611 e. The van der Waals surface area contributed by atoms with Gasteiger partial charge in [0.1, 0.15) is 0 Å². The second-order valence-electron chi connectivity index (χ2n) is 6.09. The number of likely N-dealkylation sites (N-methyl/N-ethyl adjacent to an activating group) is 1. The Morgan fingerprint density at radius 3 is 2.38 bits per heavy atom. The molecule has 2 saturated carbocycles. The van der Waals surface area contributed by atoms with Crippen LogP contribution in [0.4, 0.5) is 0 Å². The lowest BCUT2D eigenvalue weighted by Gasteiger charge is -2.37. The van der Waals surface area contributed by atoms with Crippen LogP contribution in [0.1, 0.15) is 19.3 Å². The number of rotatable bonds is 2. The molecular weight excluding hydrogens is 200 g/mol. The van der Waals surface area contributed by atoms with Gasteiger partial charge in [-0.2, -0.15) is 0 Å². The van der Waals surface area contributed by atoms with Crippen LogP contribution in [0.3, 0.4) is 0 Å². The highest BCUT2D eigenvalue weighted by Gasteiger charge is 2.47. The molecule has 0 radical (unpaired) electrons. The molecule has 1 N–H and O–H groups in total. The Hall–Kier alpha value is -0.120. The zero-order valence-corrected chi connectivity index (χ0v) is 10.3. The molecule has 0 aromatic rings. The molecule has 2 bridgehead atoms. The van der Waals surface area contributed by atoms with Crippen molar-refractivity contribution in [2.75, 3.05) is 39.8 Å². The minimum absolute atomic E-state index is 0.0124. The molecule has 0 amide bonds. The van der Waals surface area contributed by atoms with Gasteiger partial charge in [0.05, 0.1) is 6.10 Å². The maximum Gasteiger partial charge on any atom is 0.0611 e. The molecule has 3 rings (SSSR count). The fourth-order valence-corrected chi connectivity index (χ4v) is 3.97. The Kier molecular flexibility index (Phi) is 2.94. The second kappa shape index (κ2) is 4.28. The highest BCUT2D eigenvalue weighted by Crippen LogP contribution is 2.48. The molecule has 3 fully saturated rings. The minimum atomic E-state index is 0.0124. The van der Waals surface area contributed by atoms with Crippen molar-refractivity contribution in [3.8, 4) is 0 Å². The first kappa shape index (κ1) is 11.0. The van der Waals surface area contributed by atoms with E-state index >= 15 is 0 Å². The summed E-state index contributed by atoms with van der Waals surface area (Å²) < 4.78 is 0. The first-order valence-electron chi connectivity index (χ1n) is 6.83. The molecule has 1 saturated heterocycles. The van der Waals surface area contributed by atoms with Crippen LogP contribution in [-0.4, -0.2) is 60.8 Å². The third kappa shape index (κ3) is 1.89. The molecule has 0 aromatic carbocycles. The van der Waals surface area contributed by atoms with Crippen molar-refractivity contribution in [1.82, 2.24) is 9.80 Å². The van der Waals surface area contributed by atoms with E-state index in [0.717, 1.165) is 12.5 Å². The molecule has 92 valence electrons. The summed E-state index contributed by atoms with van der Waals surface area (Å²) in [5.74, 6) is 2.06. The molecule has 3 aliphatic rings. The van der Waals surface area contributed by atoms with Crippen molar-refractivity contribution in [1.29, 1.82) is 0 Å². The first-order valence-corrected chi connectivity index (χ1v) is 6.83. The predicted octanol–water partition coefficient (Wildman–Crippen LogP) is 0.641. The number of aliphatic hydroxyl groups is 1. The van der Waals surface area contributed by atoms with Crippen molar-refractivity contribution < 1.29 is 5.11 Å². The predicted molar refractivity (Wildman–Crippen MR) is 64.3 cm³/mol. The van der Waals surface area contributed by atoms with Gasteiger partial charge in [0.2, 0.25) is 0 Å². The topological polar surface area (TPSA) is 26.7 Å². The molecule has 4 atom stereocenters. The third-order valence-electron chi connectivity index (χ3n) is 5.11. The highest BCUT2D eigenvalue weighted by molar-refractivity contribution is 4.97. The van der Waals surface area contributed by atoms with Crippen LogP contribution in [0.2, 0.25) is 0 Å². The van der Waals surface area contributed by atoms with E-state index in [1.54, 1.807) is 0 Å². The quantitative estimate of drug-likeness (QED) is 0.746. The zero-order valence-electron chi connectivity index (χ0n) is 10.3. The van der Waals surface area contributed by atoms with Gasteiger partial charge in [0.15, 0.2) is 0 Å². The summed E-state index contributed by atoms with van der Waals surface area (Å²) in [6, 6.07) is 0. The molecular formula is C13H24N2O. The Bertz CT molecular complexity index is 248. The van der Waals surface area contributed by atoms with E-state index in [9.17, 15) is 5.11 Å². The largest absolute Gasteiger partial charge is 0.392 e. The fourth-order valence-electron chi connectivity index (χ4n) is 3.97. The van der Waals surface area contributed by atoms with Gasteiger partial charge in [-0.15, -0.1) is 0 Å². The van der Waals surface area contributed by atoms with Crippen molar-refractivity contribution in [2.24, 2.45) is 17.8 Å². The molecule has 0 unspecified atom stereocenters. The number of hydrogen-bond donors (Lipinski definition) is 1. The van der Waals surface area contributed by atoms with E-state index in [-0.39, 0.29) is 6.10 Å². The van der Waals surface area contributed by atoms with Crippen LogP contribution in [0.25, 0.3) is 0 Å². The van der Waals surface area contributed by atoms with Gasteiger partial charge in [-0.25, -0.2) is 0 Å². The normalized spacial score (nSPS) is 45.4. The van der Waals surface area contributed by atoms with Gasteiger partial charge in [0, 0.05) is 38.6 Å². The number of hydrogen-bond acceptors (Lipinski definition) is 3. The maximum absolute atomic E-state index is 10.2. The summed E-state index contributed by atoms with van der Waals surface area (Å²) in [5, 5.41) is 10.2. The van der Waals surface area contributed by atoms with Gasteiger partial charge in [-0.3, -0.25) is 0 Å². The number of fused-ring (bicyclic) bond motifs is 2. The first-order chi connectivity index (χ1) is 7.74. The van der Waals surface area contributed by atoms with Crippen LogP contribution in [0.15, 0.2) is 0 Å². The average molecular weight is 224 g/mol. The lowest BCUT2D eigenvalue weighted by atomic mass is 9.86. The maximum atomic E-state index is 10.2. The lowest BCUT2D eigenvalue weighted by Crippen LogP contribution is -2.48. The summed E-state index contributed by atoms with van der Waals surface area (Å²) in [5.41, 5.74) is 0. The van der Waals surface area contributed by atoms with E-state index in [1.807, 2.05) is 0 Å². The average Bonchev–Trinajstić information content (AvgIpc) is 2.85. The highest BCUT2D eigenvalue weighted by atomic mass is 16.3. The summed E-state index contributed by atoms with van der Waals surface area (Å²) in [6.45, 7) is 5.91. The molecule has 2 aliphatic carbocycles. The molecule has 1 aliphatic heterocycles. The monoisotopic (exact) mass is 224 g/mol. The van der Waals surface area contributed by atoms with Gasteiger partial charge in [-0.05, 0) is 38.1 Å².